The van der Waals surface area contributed by atoms with Gasteiger partial charge in [-0.1, -0.05) is 78.5 Å². The fourth-order valence-electron chi connectivity index (χ4n) is 3.68. The molecule has 2 heterocycles. The highest BCUT2D eigenvalue weighted by atomic mass is 32.2. The molecule has 1 aliphatic rings. The van der Waals surface area contributed by atoms with Crippen molar-refractivity contribution in [2.45, 2.75) is 11.4 Å². The average molecular weight is 398 g/mol. The first-order valence-corrected chi connectivity index (χ1v) is 10.6. The lowest BCUT2D eigenvalue weighted by atomic mass is 10.2. The molecule has 4 aromatic rings. The van der Waals surface area contributed by atoms with E-state index in [0.29, 0.717) is 11.6 Å². The van der Waals surface area contributed by atoms with Crippen LogP contribution in [0.15, 0.2) is 83.9 Å². The number of thioether (sulfide) groups is 1. The van der Waals surface area contributed by atoms with Crippen molar-refractivity contribution in [3.8, 4) is 11.4 Å². The van der Waals surface area contributed by atoms with E-state index in [4.69, 9.17) is 9.97 Å². The van der Waals surface area contributed by atoms with Gasteiger partial charge in [0.25, 0.3) is 0 Å². The molecular weight excluding hydrogens is 378 g/mol. The van der Waals surface area contributed by atoms with Crippen LogP contribution in [-0.4, -0.2) is 28.2 Å². The molecule has 4 nitrogen and oxygen atoms in total. The monoisotopic (exact) mass is 397 g/mol. The summed E-state index contributed by atoms with van der Waals surface area (Å²) in [4.78, 5) is 24.3. The zero-order valence-corrected chi connectivity index (χ0v) is 16.6. The van der Waals surface area contributed by atoms with Gasteiger partial charge in [-0.15, -0.1) is 0 Å². The standard InChI is InChI=1S/C24H19N3OS/c28-22(27-15-14-17-8-4-7-13-21(17)27)16-29-24-19-11-5-6-12-20(19)25-23(26-24)18-9-2-1-3-10-18/h1-13H,14-16H2. The van der Waals surface area contributed by atoms with E-state index in [1.807, 2.05) is 77.7 Å². The molecule has 0 unspecified atom stereocenters. The third-order valence-corrected chi connectivity index (χ3v) is 6.10. The van der Waals surface area contributed by atoms with Crippen molar-refractivity contribution in [1.29, 1.82) is 0 Å². The molecule has 5 heteroatoms. The molecule has 0 saturated heterocycles. The van der Waals surface area contributed by atoms with Gasteiger partial charge in [-0.3, -0.25) is 4.79 Å². The number of benzene rings is 3. The predicted octanol–water partition coefficient (Wildman–Crippen LogP) is 4.98. The van der Waals surface area contributed by atoms with Gasteiger partial charge in [0.1, 0.15) is 5.03 Å². The molecule has 1 aliphatic heterocycles. The summed E-state index contributed by atoms with van der Waals surface area (Å²) in [5, 5.41) is 1.82. The Balaban J connectivity index is 1.44. The van der Waals surface area contributed by atoms with E-state index in [-0.39, 0.29) is 5.91 Å². The highest BCUT2D eigenvalue weighted by molar-refractivity contribution is 8.00. The molecule has 5 rings (SSSR count). The number of carbonyl (C=O) groups is 1. The van der Waals surface area contributed by atoms with Crippen molar-refractivity contribution in [1.82, 2.24) is 9.97 Å². The molecule has 29 heavy (non-hydrogen) atoms. The molecule has 1 amide bonds. The van der Waals surface area contributed by atoms with Gasteiger partial charge in [-0.25, -0.2) is 9.97 Å². The smallest absolute Gasteiger partial charge is 0.237 e. The second kappa shape index (κ2) is 7.68. The fourth-order valence-corrected chi connectivity index (χ4v) is 4.57. The highest BCUT2D eigenvalue weighted by Crippen LogP contribution is 2.31. The Kier molecular flexibility index (Phi) is 4.74. The summed E-state index contributed by atoms with van der Waals surface area (Å²) < 4.78 is 0. The van der Waals surface area contributed by atoms with Crippen LogP contribution in [0, 0.1) is 0 Å². The van der Waals surface area contributed by atoms with E-state index in [1.54, 1.807) is 0 Å². The molecule has 0 radical (unpaired) electrons. The van der Waals surface area contributed by atoms with Crippen LogP contribution < -0.4 is 4.90 Å². The summed E-state index contributed by atoms with van der Waals surface area (Å²) in [6.07, 6.45) is 0.918. The van der Waals surface area contributed by atoms with Crippen molar-refractivity contribution in [3.63, 3.8) is 0 Å². The molecule has 0 atom stereocenters. The summed E-state index contributed by atoms with van der Waals surface area (Å²) >= 11 is 1.49. The number of carbonyl (C=O) groups excluding carboxylic acids is 1. The summed E-state index contributed by atoms with van der Waals surface area (Å²) in [5.74, 6) is 1.15. The molecule has 0 N–H and O–H groups in total. The maximum atomic E-state index is 12.9. The van der Waals surface area contributed by atoms with Gasteiger partial charge in [0.05, 0.1) is 11.3 Å². The first-order valence-electron chi connectivity index (χ1n) is 9.63. The van der Waals surface area contributed by atoms with Crippen molar-refractivity contribution < 1.29 is 4.79 Å². The minimum absolute atomic E-state index is 0.115. The number of amides is 1. The van der Waals surface area contributed by atoms with E-state index in [9.17, 15) is 4.79 Å². The molecule has 3 aromatic carbocycles. The molecule has 1 aromatic heterocycles. The summed E-state index contributed by atoms with van der Waals surface area (Å²) in [6.45, 7) is 0.749. The molecule has 0 spiro atoms. The van der Waals surface area contributed by atoms with Crippen molar-refractivity contribution in [2.75, 3.05) is 17.2 Å². The molecule has 0 bridgehead atoms. The van der Waals surface area contributed by atoms with Gasteiger partial charge < -0.3 is 4.90 Å². The van der Waals surface area contributed by atoms with Gasteiger partial charge in [0, 0.05) is 23.2 Å². The van der Waals surface area contributed by atoms with E-state index in [1.165, 1.54) is 17.3 Å². The van der Waals surface area contributed by atoms with Crippen LogP contribution in [0.4, 0.5) is 5.69 Å². The van der Waals surface area contributed by atoms with Crippen LogP contribution in [0.3, 0.4) is 0 Å². The summed E-state index contributed by atoms with van der Waals surface area (Å²) in [6, 6.07) is 26.1. The van der Waals surface area contributed by atoms with E-state index in [0.717, 1.165) is 40.1 Å². The Bertz CT molecular complexity index is 1190. The van der Waals surface area contributed by atoms with Crippen LogP contribution in [-0.2, 0) is 11.2 Å². The lowest BCUT2D eigenvalue weighted by molar-refractivity contribution is -0.116. The normalized spacial score (nSPS) is 12.9. The number of para-hydroxylation sites is 2. The number of hydrogen-bond donors (Lipinski definition) is 0. The Morgan fingerprint density at radius 1 is 0.897 bits per heavy atom. The predicted molar refractivity (Wildman–Crippen MR) is 118 cm³/mol. The van der Waals surface area contributed by atoms with E-state index in [2.05, 4.69) is 6.07 Å². The fraction of sp³-hybridized carbons (Fsp3) is 0.125. The maximum absolute atomic E-state index is 12.9. The molecule has 0 fully saturated rings. The zero-order valence-electron chi connectivity index (χ0n) is 15.8. The Morgan fingerprint density at radius 3 is 2.55 bits per heavy atom. The average Bonchev–Trinajstić information content (AvgIpc) is 3.22. The first kappa shape index (κ1) is 17.9. The minimum Gasteiger partial charge on any atom is -0.311 e. The topological polar surface area (TPSA) is 46.1 Å². The highest BCUT2D eigenvalue weighted by Gasteiger charge is 2.24. The number of anilines is 1. The number of fused-ring (bicyclic) bond motifs is 2. The lowest BCUT2D eigenvalue weighted by Gasteiger charge is -2.17. The van der Waals surface area contributed by atoms with Crippen LogP contribution >= 0.6 is 11.8 Å². The maximum Gasteiger partial charge on any atom is 0.237 e. The Hall–Kier alpha value is -3.18. The van der Waals surface area contributed by atoms with Crippen LogP contribution in [0.1, 0.15) is 5.56 Å². The minimum atomic E-state index is 0.115. The van der Waals surface area contributed by atoms with Gasteiger partial charge in [0.15, 0.2) is 5.82 Å². The van der Waals surface area contributed by atoms with Crippen LogP contribution in [0.2, 0.25) is 0 Å². The second-order valence-corrected chi connectivity index (χ2v) is 7.91. The molecule has 0 aliphatic carbocycles. The van der Waals surface area contributed by atoms with Gasteiger partial charge in [-0.2, -0.15) is 0 Å². The number of nitrogens with zero attached hydrogens (tertiary/aromatic N) is 3. The Labute approximate surface area is 173 Å². The third-order valence-electron chi connectivity index (χ3n) is 5.12. The molecular formula is C24H19N3OS. The van der Waals surface area contributed by atoms with Gasteiger partial charge >= 0.3 is 0 Å². The van der Waals surface area contributed by atoms with E-state index < -0.39 is 0 Å². The van der Waals surface area contributed by atoms with Gasteiger partial charge in [-0.05, 0) is 24.1 Å². The van der Waals surface area contributed by atoms with Crippen molar-refractivity contribution >= 4 is 34.3 Å². The van der Waals surface area contributed by atoms with Gasteiger partial charge in [0.2, 0.25) is 5.91 Å². The van der Waals surface area contributed by atoms with Crippen LogP contribution in [0.25, 0.3) is 22.3 Å². The van der Waals surface area contributed by atoms with Crippen molar-refractivity contribution in [3.05, 3.63) is 84.4 Å². The molecule has 142 valence electrons. The zero-order chi connectivity index (χ0) is 19.6. The summed E-state index contributed by atoms with van der Waals surface area (Å²) in [5.41, 5.74) is 4.14. The SMILES string of the molecule is O=C(CSc1nc(-c2ccccc2)nc2ccccc12)N1CCc2ccccc21. The first-order chi connectivity index (χ1) is 14.3. The quantitative estimate of drug-likeness (QED) is 0.360. The summed E-state index contributed by atoms with van der Waals surface area (Å²) in [7, 11) is 0. The van der Waals surface area contributed by atoms with E-state index >= 15 is 0 Å². The largest absolute Gasteiger partial charge is 0.311 e. The number of rotatable bonds is 4. The van der Waals surface area contributed by atoms with Crippen molar-refractivity contribution in [2.24, 2.45) is 0 Å². The lowest BCUT2D eigenvalue weighted by Crippen LogP contribution is -2.30. The number of aromatic nitrogens is 2. The Morgan fingerprint density at radius 2 is 1.66 bits per heavy atom. The number of hydrogen-bond acceptors (Lipinski definition) is 4. The third kappa shape index (κ3) is 3.49. The van der Waals surface area contributed by atoms with Crippen LogP contribution in [0.5, 0.6) is 0 Å². The second-order valence-electron chi connectivity index (χ2n) is 6.95. The molecule has 0 saturated carbocycles.